The summed E-state index contributed by atoms with van der Waals surface area (Å²) in [7, 11) is 4.34. The lowest BCUT2D eigenvalue weighted by atomic mass is 9.72. The Morgan fingerprint density at radius 3 is 2.38 bits per heavy atom. The van der Waals surface area contributed by atoms with E-state index >= 15 is 0 Å². The van der Waals surface area contributed by atoms with Gasteiger partial charge in [-0.05, 0) is 100 Å². The summed E-state index contributed by atoms with van der Waals surface area (Å²) in [5.74, 6) is -0.119. The Balaban J connectivity index is 1.53. The predicted molar refractivity (Wildman–Crippen MR) is 141 cm³/mol. The Morgan fingerprint density at radius 2 is 1.76 bits per heavy atom. The van der Waals surface area contributed by atoms with Crippen molar-refractivity contribution >= 4 is 40.9 Å². The number of carbonyl (C=O) groups is 1. The molecule has 3 aromatic rings. The fourth-order valence-electron chi connectivity index (χ4n) is 4.82. The minimum atomic E-state index is -0.465. The van der Waals surface area contributed by atoms with Crippen molar-refractivity contribution in [1.29, 1.82) is 0 Å². The number of amides is 1. The van der Waals surface area contributed by atoms with Crippen molar-refractivity contribution in [1.82, 2.24) is 9.88 Å². The van der Waals surface area contributed by atoms with E-state index in [0.29, 0.717) is 21.5 Å². The molecule has 34 heavy (non-hydrogen) atoms. The summed E-state index contributed by atoms with van der Waals surface area (Å²) in [4.78, 5) is 20.3. The van der Waals surface area contributed by atoms with Crippen LogP contribution in [0.3, 0.4) is 0 Å². The smallest absolute Gasteiger partial charge is 0.251 e. The van der Waals surface area contributed by atoms with Gasteiger partial charge in [0.25, 0.3) is 5.91 Å². The highest BCUT2D eigenvalue weighted by atomic mass is 35.5. The van der Waals surface area contributed by atoms with Crippen LogP contribution in [-0.4, -0.2) is 35.4 Å². The van der Waals surface area contributed by atoms with Crippen LogP contribution in [0.4, 0.5) is 0 Å². The zero-order valence-electron chi connectivity index (χ0n) is 19.4. The van der Waals surface area contributed by atoms with Gasteiger partial charge in [0.05, 0.1) is 5.56 Å². The highest BCUT2D eigenvalue weighted by molar-refractivity contribution is 7.99. The van der Waals surface area contributed by atoms with Crippen LogP contribution in [0.1, 0.15) is 53.2 Å². The van der Waals surface area contributed by atoms with Gasteiger partial charge in [0, 0.05) is 32.1 Å². The zero-order chi connectivity index (χ0) is 24.3. The first kappa shape index (κ1) is 25.1. The summed E-state index contributed by atoms with van der Waals surface area (Å²) < 4.78 is 0. The number of rotatable bonds is 7. The molecule has 1 heterocycles. The van der Waals surface area contributed by atoms with Crippen molar-refractivity contribution in [3.8, 4) is 0 Å². The monoisotopic (exact) mass is 513 g/mol. The van der Waals surface area contributed by atoms with Crippen molar-refractivity contribution in [2.24, 2.45) is 5.73 Å². The van der Waals surface area contributed by atoms with E-state index in [4.69, 9.17) is 33.9 Å². The van der Waals surface area contributed by atoms with Gasteiger partial charge in [0.15, 0.2) is 0 Å². The fourth-order valence-corrected chi connectivity index (χ4v) is 6.09. The fraction of sp³-hybridized carbons (Fsp3) is 0.333. The highest BCUT2D eigenvalue weighted by Crippen LogP contribution is 2.42. The number of carbonyl (C=O) groups excluding carboxylic acids is 1. The van der Waals surface area contributed by atoms with Gasteiger partial charge >= 0.3 is 0 Å². The van der Waals surface area contributed by atoms with E-state index < -0.39 is 5.91 Å². The molecule has 2 N–H and O–H groups in total. The predicted octanol–water partition coefficient (Wildman–Crippen LogP) is 6.84. The van der Waals surface area contributed by atoms with Crippen LogP contribution >= 0.6 is 35.0 Å². The first-order valence-corrected chi connectivity index (χ1v) is 13.0. The molecule has 1 aliphatic carbocycles. The van der Waals surface area contributed by atoms with Crippen LogP contribution in [0.25, 0.3) is 0 Å². The maximum atomic E-state index is 12.0. The molecular formula is C27H29Cl2N3OS. The van der Waals surface area contributed by atoms with E-state index in [-0.39, 0.29) is 5.54 Å². The minimum absolute atomic E-state index is 0.0925. The molecule has 178 valence electrons. The second-order valence-corrected chi connectivity index (χ2v) is 11.1. The van der Waals surface area contributed by atoms with Crippen LogP contribution in [0.15, 0.2) is 70.6 Å². The molecule has 7 heteroatoms. The van der Waals surface area contributed by atoms with Crippen molar-refractivity contribution < 1.29 is 4.79 Å². The maximum Gasteiger partial charge on any atom is 0.251 e. The van der Waals surface area contributed by atoms with Gasteiger partial charge in [0.2, 0.25) is 0 Å². The van der Waals surface area contributed by atoms with Gasteiger partial charge in [-0.3, -0.25) is 4.79 Å². The molecular weight excluding hydrogens is 485 g/mol. The average Bonchev–Trinajstić information content (AvgIpc) is 2.81. The Labute approximate surface area is 215 Å². The van der Waals surface area contributed by atoms with Crippen molar-refractivity contribution in [3.05, 3.63) is 87.5 Å². The Morgan fingerprint density at radius 1 is 1.06 bits per heavy atom. The largest absolute Gasteiger partial charge is 0.366 e. The highest BCUT2D eigenvalue weighted by Gasteiger charge is 2.38. The van der Waals surface area contributed by atoms with Gasteiger partial charge in [-0.2, -0.15) is 0 Å². The number of nitrogens with zero attached hydrogens (tertiary/aromatic N) is 2. The van der Waals surface area contributed by atoms with Crippen LogP contribution in [0.2, 0.25) is 10.0 Å². The molecule has 1 fully saturated rings. The van der Waals surface area contributed by atoms with Crippen LogP contribution < -0.4 is 5.73 Å². The van der Waals surface area contributed by atoms with E-state index in [1.54, 1.807) is 0 Å². The van der Waals surface area contributed by atoms with E-state index in [9.17, 15) is 4.79 Å². The van der Waals surface area contributed by atoms with Crippen molar-refractivity contribution in [2.45, 2.75) is 53.5 Å². The van der Waals surface area contributed by atoms with Crippen LogP contribution in [-0.2, 0) is 6.42 Å². The number of halogens is 2. The molecule has 0 spiro atoms. The second-order valence-electron chi connectivity index (χ2n) is 9.21. The minimum Gasteiger partial charge on any atom is -0.366 e. The Hall–Kier alpha value is -2.05. The standard InChI is InChI=1S/C27H29Cl2N3OS/c1-32(2)27(17-18-4-3-5-21(29)16-18)14-12-19(13-15-27)24-11-10-23(25(30)33)26(31-24)34-22-8-6-20(28)7-9-22/h3-11,16,19H,12-15,17H2,1-2H3,(H2,30,33). The molecule has 0 bridgehead atoms. The van der Waals surface area contributed by atoms with Gasteiger partial charge < -0.3 is 10.6 Å². The second kappa shape index (κ2) is 10.7. The molecule has 0 unspecified atom stereocenters. The van der Waals surface area contributed by atoms with Gasteiger partial charge in [-0.15, -0.1) is 0 Å². The van der Waals surface area contributed by atoms with Gasteiger partial charge in [-0.25, -0.2) is 4.98 Å². The zero-order valence-corrected chi connectivity index (χ0v) is 21.8. The Kier molecular flexibility index (Phi) is 7.88. The number of benzene rings is 2. The quantitative estimate of drug-likeness (QED) is 0.375. The third-order valence-electron chi connectivity index (χ3n) is 6.88. The molecule has 0 aliphatic heterocycles. The number of likely N-dealkylation sites (N-methyl/N-ethyl adjacent to an activating group) is 1. The molecule has 1 amide bonds. The summed E-state index contributed by atoms with van der Waals surface area (Å²) in [6.07, 6.45) is 5.17. The van der Waals surface area contributed by atoms with Crippen LogP contribution in [0, 0.1) is 0 Å². The number of pyridine rings is 1. The van der Waals surface area contributed by atoms with Crippen molar-refractivity contribution in [2.75, 3.05) is 14.1 Å². The first-order valence-electron chi connectivity index (χ1n) is 11.4. The summed E-state index contributed by atoms with van der Waals surface area (Å²) >= 11 is 13.7. The summed E-state index contributed by atoms with van der Waals surface area (Å²) in [5.41, 5.74) is 8.48. The van der Waals surface area contributed by atoms with Gasteiger partial charge in [0.1, 0.15) is 5.03 Å². The maximum absolute atomic E-state index is 12.0. The van der Waals surface area contributed by atoms with Crippen LogP contribution in [0.5, 0.6) is 0 Å². The summed E-state index contributed by atoms with van der Waals surface area (Å²) in [6.45, 7) is 0. The van der Waals surface area contributed by atoms with E-state index in [1.165, 1.54) is 17.3 Å². The molecule has 4 nitrogen and oxygen atoms in total. The van der Waals surface area contributed by atoms with Crippen molar-refractivity contribution in [3.63, 3.8) is 0 Å². The summed E-state index contributed by atoms with van der Waals surface area (Å²) in [6, 6.07) is 19.5. The number of primary amides is 1. The molecule has 4 rings (SSSR count). The van der Waals surface area contributed by atoms with E-state index in [1.807, 2.05) is 48.5 Å². The SMILES string of the molecule is CN(C)C1(Cc2cccc(Cl)c2)CCC(c2ccc(C(N)=O)c(Sc3ccc(Cl)cc3)n2)CC1. The van der Waals surface area contributed by atoms with E-state index in [0.717, 1.165) is 47.7 Å². The molecule has 1 saturated carbocycles. The number of hydrogen-bond donors (Lipinski definition) is 1. The Bertz CT molecular complexity index is 1160. The lowest BCUT2D eigenvalue weighted by molar-refractivity contribution is 0.0919. The normalized spacial score (nSPS) is 20.4. The molecule has 0 radical (unpaired) electrons. The number of aromatic nitrogens is 1. The molecule has 1 aliphatic rings. The number of nitrogens with two attached hydrogens (primary N) is 1. The topological polar surface area (TPSA) is 59.2 Å². The third-order valence-corrected chi connectivity index (χ3v) is 8.38. The van der Waals surface area contributed by atoms with E-state index in [2.05, 4.69) is 31.1 Å². The molecule has 2 aromatic carbocycles. The third kappa shape index (κ3) is 5.77. The lowest BCUT2D eigenvalue weighted by Crippen LogP contribution is -2.48. The lowest BCUT2D eigenvalue weighted by Gasteiger charge is -2.45. The summed E-state index contributed by atoms with van der Waals surface area (Å²) in [5, 5.41) is 2.10. The molecule has 1 aromatic heterocycles. The first-order chi connectivity index (χ1) is 16.3. The van der Waals surface area contributed by atoms with Gasteiger partial charge in [-0.1, -0.05) is 47.1 Å². The molecule has 0 saturated heterocycles. The number of hydrogen-bond acceptors (Lipinski definition) is 4. The molecule has 0 atom stereocenters. The average molecular weight is 515 g/mol.